The number of hydrogen-bond donors (Lipinski definition) is 1. The van der Waals surface area contributed by atoms with Crippen LogP contribution in [0.5, 0.6) is 0 Å². The lowest BCUT2D eigenvalue weighted by Gasteiger charge is -2.04. The minimum atomic E-state index is 0.691. The van der Waals surface area contributed by atoms with Gasteiger partial charge in [0.25, 0.3) is 0 Å². The summed E-state index contributed by atoms with van der Waals surface area (Å²) in [5, 5.41) is 5.30. The van der Waals surface area contributed by atoms with Crippen molar-refractivity contribution in [3.63, 3.8) is 0 Å². The number of hydrazone groups is 1. The number of nitrogens with zero attached hydrogens (tertiary/aromatic N) is 5. The molecule has 0 amide bonds. The second-order valence-electron chi connectivity index (χ2n) is 5.70. The average molecular weight is 372 g/mol. The SMILES string of the molecule is C/C(=N\Nc1ccccn1)c1cccc(-c2cnc(-c3cccnc3)s2)n1. The molecule has 0 spiro atoms. The first kappa shape index (κ1) is 17.0. The van der Waals surface area contributed by atoms with Crippen LogP contribution in [0.3, 0.4) is 0 Å². The maximum Gasteiger partial charge on any atom is 0.146 e. The van der Waals surface area contributed by atoms with E-state index in [1.54, 1.807) is 23.7 Å². The lowest BCUT2D eigenvalue weighted by atomic mass is 10.2. The molecule has 0 saturated heterocycles. The molecule has 0 bridgehead atoms. The van der Waals surface area contributed by atoms with E-state index in [-0.39, 0.29) is 0 Å². The van der Waals surface area contributed by atoms with Crippen LogP contribution in [0.1, 0.15) is 12.6 Å². The third-order valence-electron chi connectivity index (χ3n) is 3.79. The fourth-order valence-electron chi connectivity index (χ4n) is 2.42. The molecule has 0 unspecified atom stereocenters. The van der Waals surface area contributed by atoms with Crippen LogP contribution in [-0.4, -0.2) is 25.6 Å². The summed E-state index contributed by atoms with van der Waals surface area (Å²) in [6.45, 7) is 1.91. The van der Waals surface area contributed by atoms with Gasteiger partial charge in [-0.3, -0.25) is 10.4 Å². The van der Waals surface area contributed by atoms with E-state index in [1.807, 2.05) is 67.8 Å². The summed E-state index contributed by atoms with van der Waals surface area (Å²) in [6.07, 6.45) is 7.13. The van der Waals surface area contributed by atoms with E-state index in [1.165, 1.54) is 0 Å². The van der Waals surface area contributed by atoms with E-state index in [0.29, 0.717) is 5.82 Å². The third kappa shape index (κ3) is 4.04. The predicted octanol–water partition coefficient (Wildman–Crippen LogP) is 4.50. The molecule has 4 heterocycles. The Kier molecular flexibility index (Phi) is 4.93. The molecule has 0 aliphatic carbocycles. The van der Waals surface area contributed by atoms with Crippen molar-refractivity contribution in [2.24, 2.45) is 5.10 Å². The average Bonchev–Trinajstić information content (AvgIpc) is 3.24. The maximum atomic E-state index is 4.73. The van der Waals surface area contributed by atoms with Crippen LogP contribution in [-0.2, 0) is 0 Å². The molecule has 4 aromatic rings. The molecular weight excluding hydrogens is 356 g/mol. The molecule has 0 saturated carbocycles. The van der Waals surface area contributed by atoms with Gasteiger partial charge in [0.2, 0.25) is 0 Å². The molecule has 1 N–H and O–H groups in total. The maximum absolute atomic E-state index is 4.73. The molecule has 0 aliphatic heterocycles. The number of rotatable bonds is 5. The van der Waals surface area contributed by atoms with E-state index in [4.69, 9.17) is 4.98 Å². The van der Waals surface area contributed by atoms with Crippen molar-refractivity contribution in [3.8, 4) is 21.1 Å². The highest BCUT2D eigenvalue weighted by molar-refractivity contribution is 7.18. The zero-order chi connectivity index (χ0) is 18.5. The molecule has 6 nitrogen and oxygen atoms in total. The van der Waals surface area contributed by atoms with Gasteiger partial charge in [-0.15, -0.1) is 11.3 Å². The second kappa shape index (κ2) is 7.84. The van der Waals surface area contributed by atoms with Crippen LogP contribution in [0.15, 0.2) is 78.4 Å². The summed E-state index contributed by atoms with van der Waals surface area (Å²) in [6, 6.07) is 15.4. The zero-order valence-corrected chi connectivity index (χ0v) is 15.4. The van der Waals surface area contributed by atoms with Gasteiger partial charge in [-0.05, 0) is 43.3 Å². The van der Waals surface area contributed by atoms with E-state index in [9.17, 15) is 0 Å². The first-order valence-corrected chi connectivity index (χ1v) is 9.16. The summed E-state index contributed by atoms with van der Waals surface area (Å²) >= 11 is 1.59. The van der Waals surface area contributed by atoms with Gasteiger partial charge in [-0.2, -0.15) is 5.10 Å². The minimum absolute atomic E-state index is 0.691. The smallest absolute Gasteiger partial charge is 0.146 e. The van der Waals surface area contributed by atoms with Crippen LogP contribution in [0.2, 0.25) is 0 Å². The molecule has 4 aromatic heterocycles. The Labute approximate surface area is 160 Å². The molecule has 0 radical (unpaired) electrons. The summed E-state index contributed by atoms with van der Waals surface area (Å²) in [5.74, 6) is 0.691. The fourth-order valence-corrected chi connectivity index (χ4v) is 3.29. The van der Waals surface area contributed by atoms with Crippen molar-refractivity contribution in [1.29, 1.82) is 0 Å². The van der Waals surface area contributed by atoms with Crippen LogP contribution >= 0.6 is 11.3 Å². The van der Waals surface area contributed by atoms with E-state index < -0.39 is 0 Å². The summed E-state index contributed by atoms with van der Waals surface area (Å²) in [5.41, 5.74) is 6.39. The van der Waals surface area contributed by atoms with Crippen molar-refractivity contribution in [2.75, 3.05) is 5.43 Å². The quantitative estimate of drug-likeness (QED) is 0.412. The summed E-state index contributed by atoms with van der Waals surface area (Å²) < 4.78 is 0. The van der Waals surface area contributed by atoms with E-state index in [2.05, 4.69) is 25.5 Å². The van der Waals surface area contributed by atoms with Crippen molar-refractivity contribution >= 4 is 22.9 Å². The highest BCUT2D eigenvalue weighted by Gasteiger charge is 2.09. The van der Waals surface area contributed by atoms with Crippen molar-refractivity contribution in [3.05, 3.63) is 79.0 Å². The summed E-state index contributed by atoms with van der Waals surface area (Å²) in [7, 11) is 0. The molecule has 0 aliphatic rings. The number of nitrogens with one attached hydrogen (secondary N) is 1. The molecule has 4 rings (SSSR count). The molecule has 132 valence electrons. The second-order valence-corrected chi connectivity index (χ2v) is 6.73. The first-order chi connectivity index (χ1) is 13.3. The molecule has 0 fully saturated rings. The van der Waals surface area contributed by atoms with E-state index >= 15 is 0 Å². The lowest BCUT2D eigenvalue weighted by Crippen LogP contribution is -2.03. The number of thiazole rings is 1. The highest BCUT2D eigenvalue weighted by atomic mass is 32.1. The Morgan fingerprint density at radius 3 is 2.74 bits per heavy atom. The highest BCUT2D eigenvalue weighted by Crippen LogP contribution is 2.30. The van der Waals surface area contributed by atoms with Crippen LogP contribution < -0.4 is 5.43 Å². The van der Waals surface area contributed by atoms with Gasteiger partial charge in [-0.25, -0.2) is 15.0 Å². The molecule has 0 atom stereocenters. The number of hydrogen-bond acceptors (Lipinski definition) is 7. The van der Waals surface area contributed by atoms with Crippen LogP contribution in [0, 0.1) is 0 Å². The van der Waals surface area contributed by atoms with Crippen LogP contribution in [0.25, 0.3) is 21.1 Å². The minimum Gasteiger partial charge on any atom is -0.264 e. The molecule has 27 heavy (non-hydrogen) atoms. The van der Waals surface area contributed by atoms with Crippen LogP contribution in [0.4, 0.5) is 5.82 Å². The van der Waals surface area contributed by atoms with Gasteiger partial charge in [-0.1, -0.05) is 12.1 Å². The Morgan fingerprint density at radius 1 is 0.963 bits per heavy atom. The number of aromatic nitrogens is 4. The van der Waals surface area contributed by atoms with Gasteiger partial charge in [0, 0.05) is 30.4 Å². The van der Waals surface area contributed by atoms with Crippen molar-refractivity contribution in [2.45, 2.75) is 6.92 Å². The van der Waals surface area contributed by atoms with Gasteiger partial charge in [0.05, 0.1) is 22.0 Å². The van der Waals surface area contributed by atoms with Gasteiger partial charge < -0.3 is 0 Å². The standard InChI is InChI=1S/C20H16N6S/c1-14(25-26-19-9-2-3-11-22-19)16-7-4-8-17(24-16)18-13-23-20(27-18)15-6-5-10-21-12-15/h2-13H,1H3,(H,22,26)/b25-14+. The Hall–Kier alpha value is -3.45. The fraction of sp³-hybridized carbons (Fsp3) is 0.0500. The monoisotopic (exact) mass is 372 g/mol. The van der Waals surface area contributed by atoms with Gasteiger partial charge in [0.15, 0.2) is 0 Å². The van der Waals surface area contributed by atoms with Crippen molar-refractivity contribution in [1.82, 2.24) is 19.9 Å². The van der Waals surface area contributed by atoms with Gasteiger partial charge in [0.1, 0.15) is 10.8 Å². The van der Waals surface area contributed by atoms with Crippen molar-refractivity contribution < 1.29 is 0 Å². The Bertz CT molecular complexity index is 1060. The third-order valence-corrected chi connectivity index (χ3v) is 4.86. The Morgan fingerprint density at radius 2 is 1.93 bits per heavy atom. The zero-order valence-electron chi connectivity index (χ0n) is 14.6. The molecule has 7 heteroatoms. The Balaban J connectivity index is 1.57. The molecule has 0 aromatic carbocycles. The lowest BCUT2D eigenvalue weighted by molar-refractivity contribution is 1.20. The molecular formula is C20H16N6S. The number of pyridine rings is 3. The van der Waals surface area contributed by atoms with E-state index in [0.717, 1.165) is 32.5 Å². The number of anilines is 1. The predicted molar refractivity (Wildman–Crippen MR) is 109 cm³/mol. The normalized spacial score (nSPS) is 11.4. The van der Waals surface area contributed by atoms with Gasteiger partial charge >= 0.3 is 0 Å². The largest absolute Gasteiger partial charge is 0.264 e. The first-order valence-electron chi connectivity index (χ1n) is 8.35. The topological polar surface area (TPSA) is 76.0 Å². The summed E-state index contributed by atoms with van der Waals surface area (Å²) in [4.78, 5) is 18.6.